The Morgan fingerprint density at radius 1 is 1.42 bits per heavy atom. The molecule has 12 heavy (non-hydrogen) atoms. The standard InChI is InChI=1S/C10H16N2/c1-3-7-11-9(5-1)10-6-2-4-8-12-10/h1,5,9,11H,2-4,6-8H2. The molecule has 0 spiro atoms. The average Bonchev–Trinajstić information content (AvgIpc) is 2.21. The minimum absolute atomic E-state index is 0.457. The highest BCUT2D eigenvalue weighted by atomic mass is 14.9. The van der Waals surface area contributed by atoms with Crippen molar-refractivity contribution >= 4 is 5.71 Å². The van der Waals surface area contributed by atoms with Crippen LogP contribution in [0.4, 0.5) is 0 Å². The molecule has 2 heteroatoms. The average molecular weight is 164 g/mol. The maximum absolute atomic E-state index is 4.56. The second-order valence-electron chi connectivity index (χ2n) is 3.48. The van der Waals surface area contributed by atoms with Gasteiger partial charge >= 0.3 is 0 Å². The molecule has 0 radical (unpaired) electrons. The fraction of sp³-hybridized carbons (Fsp3) is 0.700. The molecule has 2 aliphatic heterocycles. The van der Waals surface area contributed by atoms with Crippen molar-refractivity contribution in [3.63, 3.8) is 0 Å². The van der Waals surface area contributed by atoms with E-state index in [4.69, 9.17) is 0 Å². The SMILES string of the molecule is C1=CC(C2=NCCCC2)NCC1. The van der Waals surface area contributed by atoms with E-state index in [1.54, 1.807) is 0 Å². The Bertz CT molecular complexity index is 206. The quantitative estimate of drug-likeness (QED) is 0.584. The lowest BCUT2D eigenvalue weighted by Crippen LogP contribution is -2.38. The maximum atomic E-state index is 4.56. The number of nitrogens with one attached hydrogen (secondary N) is 1. The van der Waals surface area contributed by atoms with E-state index < -0.39 is 0 Å². The first-order chi connectivity index (χ1) is 5.97. The van der Waals surface area contributed by atoms with Gasteiger partial charge in [0.15, 0.2) is 0 Å². The van der Waals surface area contributed by atoms with E-state index in [0.717, 1.165) is 13.1 Å². The molecule has 1 atom stereocenters. The molecule has 2 aliphatic rings. The van der Waals surface area contributed by atoms with E-state index in [1.165, 1.54) is 31.4 Å². The van der Waals surface area contributed by atoms with Gasteiger partial charge in [-0.3, -0.25) is 4.99 Å². The van der Waals surface area contributed by atoms with E-state index in [-0.39, 0.29) is 0 Å². The minimum Gasteiger partial charge on any atom is -0.305 e. The van der Waals surface area contributed by atoms with Gasteiger partial charge in [0, 0.05) is 12.3 Å². The zero-order chi connectivity index (χ0) is 8.23. The molecule has 0 amide bonds. The van der Waals surface area contributed by atoms with E-state index in [9.17, 15) is 0 Å². The van der Waals surface area contributed by atoms with E-state index in [0.29, 0.717) is 6.04 Å². The Hall–Kier alpha value is -0.630. The van der Waals surface area contributed by atoms with Crippen LogP contribution in [-0.2, 0) is 0 Å². The number of hydrogen-bond acceptors (Lipinski definition) is 2. The maximum Gasteiger partial charge on any atom is 0.0636 e. The fourth-order valence-electron chi connectivity index (χ4n) is 1.82. The van der Waals surface area contributed by atoms with Gasteiger partial charge in [-0.25, -0.2) is 0 Å². The van der Waals surface area contributed by atoms with Gasteiger partial charge in [-0.1, -0.05) is 12.2 Å². The lowest BCUT2D eigenvalue weighted by Gasteiger charge is -2.22. The summed E-state index contributed by atoms with van der Waals surface area (Å²) in [5.74, 6) is 0. The van der Waals surface area contributed by atoms with Crippen LogP contribution in [-0.4, -0.2) is 24.8 Å². The van der Waals surface area contributed by atoms with Gasteiger partial charge in [-0.05, 0) is 32.2 Å². The molecule has 2 nitrogen and oxygen atoms in total. The molecule has 0 bridgehead atoms. The lowest BCUT2D eigenvalue weighted by molar-refractivity contribution is 0.638. The van der Waals surface area contributed by atoms with Crippen molar-refractivity contribution in [2.24, 2.45) is 4.99 Å². The molecule has 2 rings (SSSR count). The Labute approximate surface area is 73.8 Å². The van der Waals surface area contributed by atoms with Crippen LogP contribution in [0.1, 0.15) is 25.7 Å². The van der Waals surface area contributed by atoms with Crippen molar-refractivity contribution < 1.29 is 0 Å². The van der Waals surface area contributed by atoms with Crippen LogP contribution >= 0.6 is 0 Å². The van der Waals surface area contributed by atoms with Crippen LogP contribution < -0.4 is 5.32 Å². The van der Waals surface area contributed by atoms with Crippen LogP contribution in [0.5, 0.6) is 0 Å². The molecule has 0 aromatic heterocycles. The van der Waals surface area contributed by atoms with Crippen molar-refractivity contribution in [3.8, 4) is 0 Å². The lowest BCUT2D eigenvalue weighted by atomic mass is 10.0. The first-order valence-corrected chi connectivity index (χ1v) is 4.90. The van der Waals surface area contributed by atoms with Crippen molar-refractivity contribution in [2.45, 2.75) is 31.7 Å². The molecule has 2 heterocycles. The Kier molecular flexibility index (Phi) is 2.57. The third kappa shape index (κ3) is 1.75. The largest absolute Gasteiger partial charge is 0.305 e. The van der Waals surface area contributed by atoms with Gasteiger partial charge in [0.05, 0.1) is 6.04 Å². The van der Waals surface area contributed by atoms with Crippen LogP contribution in [0.25, 0.3) is 0 Å². The van der Waals surface area contributed by atoms with Crippen molar-refractivity contribution in [3.05, 3.63) is 12.2 Å². The summed E-state index contributed by atoms with van der Waals surface area (Å²) in [6, 6.07) is 0.457. The molecular formula is C10H16N2. The van der Waals surface area contributed by atoms with Crippen molar-refractivity contribution in [2.75, 3.05) is 13.1 Å². The fourth-order valence-corrected chi connectivity index (χ4v) is 1.82. The van der Waals surface area contributed by atoms with Gasteiger partial charge in [0.2, 0.25) is 0 Å². The summed E-state index contributed by atoms with van der Waals surface area (Å²) in [6.07, 6.45) is 9.49. The molecule has 1 unspecified atom stereocenters. The normalized spacial score (nSPS) is 30.0. The minimum atomic E-state index is 0.457. The van der Waals surface area contributed by atoms with Crippen molar-refractivity contribution in [1.29, 1.82) is 0 Å². The van der Waals surface area contributed by atoms with Crippen LogP contribution in [0.15, 0.2) is 17.1 Å². The van der Waals surface area contributed by atoms with E-state index >= 15 is 0 Å². The van der Waals surface area contributed by atoms with Crippen LogP contribution in [0.3, 0.4) is 0 Å². The molecule has 66 valence electrons. The summed E-state index contributed by atoms with van der Waals surface area (Å²) < 4.78 is 0. The third-order valence-corrected chi connectivity index (χ3v) is 2.52. The molecule has 0 saturated heterocycles. The van der Waals surface area contributed by atoms with Gasteiger partial charge in [0.1, 0.15) is 0 Å². The summed E-state index contributed by atoms with van der Waals surface area (Å²) in [5, 5.41) is 3.47. The number of hydrogen-bond donors (Lipinski definition) is 1. The molecule has 0 aromatic carbocycles. The summed E-state index contributed by atoms with van der Waals surface area (Å²) >= 11 is 0. The Morgan fingerprint density at radius 2 is 2.42 bits per heavy atom. The summed E-state index contributed by atoms with van der Waals surface area (Å²) in [4.78, 5) is 4.56. The van der Waals surface area contributed by atoms with E-state index in [2.05, 4.69) is 22.5 Å². The summed E-state index contributed by atoms with van der Waals surface area (Å²) in [7, 11) is 0. The number of aliphatic imine (C=N–C) groups is 1. The summed E-state index contributed by atoms with van der Waals surface area (Å²) in [6.45, 7) is 2.15. The number of nitrogens with zero attached hydrogens (tertiary/aromatic N) is 1. The summed E-state index contributed by atoms with van der Waals surface area (Å²) in [5.41, 5.74) is 1.37. The monoisotopic (exact) mass is 164 g/mol. The second kappa shape index (κ2) is 3.85. The zero-order valence-corrected chi connectivity index (χ0v) is 7.42. The molecule has 0 saturated carbocycles. The zero-order valence-electron chi connectivity index (χ0n) is 7.42. The van der Waals surface area contributed by atoms with Gasteiger partial charge in [0.25, 0.3) is 0 Å². The van der Waals surface area contributed by atoms with Crippen LogP contribution in [0.2, 0.25) is 0 Å². The predicted molar refractivity (Wildman–Crippen MR) is 51.7 cm³/mol. The van der Waals surface area contributed by atoms with Gasteiger partial charge < -0.3 is 5.32 Å². The topological polar surface area (TPSA) is 24.4 Å². The smallest absolute Gasteiger partial charge is 0.0636 e. The highest BCUT2D eigenvalue weighted by molar-refractivity contribution is 5.91. The Balaban J connectivity index is 2.01. The van der Waals surface area contributed by atoms with Crippen molar-refractivity contribution in [1.82, 2.24) is 5.32 Å². The molecule has 0 aromatic rings. The second-order valence-corrected chi connectivity index (χ2v) is 3.48. The molecule has 0 aliphatic carbocycles. The molecule has 0 fully saturated rings. The highest BCUT2D eigenvalue weighted by Gasteiger charge is 2.15. The van der Waals surface area contributed by atoms with Crippen LogP contribution in [0, 0.1) is 0 Å². The predicted octanol–water partition coefficient (Wildman–Crippen LogP) is 1.53. The molecular weight excluding hydrogens is 148 g/mol. The highest BCUT2D eigenvalue weighted by Crippen LogP contribution is 2.11. The van der Waals surface area contributed by atoms with E-state index in [1.807, 2.05) is 0 Å². The number of rotatable bonds is 1. The first kappa shape index (κ1) is 7.99. The molecule has 1 N–H and O–H groups in total. The third-order valence-electron chi connectivity index (χ3n) is 2.52. The van der Waals surface area contributed by atoms with Gasteiger partial charge in [-0.15, -0.1) is 0 Å². The van der Waals surface area contributed by atoms with Gasteiger partial charge in [-0.2, -0.15) is 0 Å². The Morgan fingerprint density at radius 3 is 3.08 bits per heavy atom. The first-order valence-electron chi connectivity index (χ1n) is 4.90.